The van der Waals surface area contributed by atoms with Crippen LogP contribution in [0.5, 0.6) is 0 Å². The number of nitrogens with one attached hydrogen (secondary N) is 1. The molecular formula is C13H17BrClNO. The number of rotatable bonds is 7. The molecule has 17 heavy (non-hydrogen) atoms. The number of hydrogen-bond donors (Lipinski definition) is 1. The van der Waals surface area contributed by atoms with E-state index in [1.807, 2.05) is 18.2 Å². The highest BCUT2D eigenvalue weighted by Gasteiger charge is 2.20. The average Bonchev–Trinajstić information content (AvgIpc) is 3.12. The standard InChI is InChI=1S/C13H17BrClNO/c14-12-7-11(3-4-13(12)15)8-16-5-6-17-9-10-1-2-10/h3-4,7,10,16H,1-2,5-6,8-9H2. The maximum Gasteiger partial charge on any atom is 0.0591 e. The van der Waals surface area contributed by atoms with Crippen molar-refractivity contribution >= 4 is 27.5 Å². The van der Waals surface area contributed by atoms with Gasteiger partial charge in [-0.3, -0.25) is 0 Å². The van der Waals surface area contributed by atoms with Gasteiger partial charge in [-0.2, -0.15) is 0 Å². The summed E-state index contributed by atoms with van der Waals surface area (Å²) in [6.07, 6.45) is 2.71. The molecule has 0 saturated heterocycles. The first-order chi connectivity index (χ1) is 8.25. The molecule has 0 spiro atoms. The molecule has 2 rings (SSSR count). The number of benzene rings is 1. The first kappa shape index (κ1) is 13.3. The maximum atomic E-state index is 5.93. The molecule has 1 N–H and O–H groups in total. The van der Waals surface area contributed by atoms with Crippen LogP contribution in [0.15, 0.2) is 22.7 Å². The molecule has 1 aliphatic rings. The van der Waals surface area contributed by atoms with Gasteiger partial charge < -0.3 is 10.1 Å². The van der Waals surface area contributed by atoms with E-state index in [9.17, 15) is 0 Å². The van der Waals surface area contributed by atoms with Gasteiger partial charge in [0.25, 0.3) is 0 Å². The van der Waals surface area contributed by atoms with Crippen LogP contribution in [-0.2, 0) is 11.3 Å². The summed E-state index contributed by atoms with van der Waals surface area (Å²) in [5.74, 6) is 0.849. The van der Waals surface area contributed by atoms with E-state index < -0.39 is 0 Å². The first-order valence-corrected chi connectivity index (χ1v) is 7.15. The van der Waals surface area contributed by atoms with Crippen LogP contribution < -0.4 is 5.32 Å². The minimum atomic E-state index is 0.751. The van der Waals surface area contributed by atoms with Crippen molar-refractivity contribution in [3.63, 3.8) is 0 Å². The summed E-state index contributed by atoms with van der Waals surface area (Å²) in [5, 5.41) is 4.10. The topological polar surface area (TPSA) is 21.3 Å². The lowest BCUT2D eigenvalue weighted by Gasteiger charge is -2.06. The van der Waals surface area contributed by atoms with Crippen molar-refractivity contribution in [1.29, 1.82) is 0 Å². The Morgan fingerprint density at radius 3 is 2.94 bits per heavy atom. The van der Waals surface area contributed by atoms with E-state index in [1.54, 1.807) is 0 Å². The van der Waals surface area contributed by atoms with E-state index in [4.69, 9.17) is 16.3 Å². The third kappa shape index (κ3) is 4.96. The highest BCUT2D eigenvalue weighted by Crippen LogP contribution is 2.28. The average molecular weight is 319 g/mol. The van der Waals surface area contributed by atoms with E-state index in [2.05, 4.69) is 21.2 Å². The Hall–Kier alpha value is -0.0900. The second-order valence-electron chi connectivity index (χ2n) is 4.44. The van der Waals surface area contributed by atoms with Gasteiger partial charge in [-0.25, -0.2) is 0 Å². The van der Waals surface area contributed by atoms with Crippen LogP contribution >= 0.6 is 27.5 Å². The lowest BCUT2D eigenvalue weighted by atomic mass is 10.2. The van der Waals surface area contributed by atoms with Gasteiger partial charge in [0.1, 0.15) is 0 Å². The molecule has 0 bridgehead atoms. The van der Waals surface area contributed by atoms with Crippen LogP contribution in [-0.4, -0.2) is 19.8 Å². The molecule has 1 saturated carbocycles. The minimum Gasteiger partial charge on any atom is -0.380 e. The summed E-state index contributed by atoms with van der Waals surface area (Å²) in [7, 11) is 0. The normalized spacial score (nSPS) is 15.2. The molecule has 0 atom stereocenters. The summed E-state index contributed by atoms with van der Waals surface area (Å²) in [5.41, 5.74) is 1.23. The van der Waals surface area contributed by atoms with Crippen molar-refractivity contribution in [1.82, 2.24) is 5.32 Å². The fraction of sp³-hybridized carbons (Fsp3) is 0.538. The molecule has 0 aromatic heterocycles. The quantitative estimate of drug-likeness (QED) is 0.775. The highest BCUT2D eigenvalue weighted by molar-refractivity contribution is 9.10. The third-order valence-electron chi connectivity index (χ3n) is 2.79. The predicted molar refractivity (Wildman–Crippen MR) is 74.4 cm³/mol. The van der Waals surface area contributed by atoms with E-state index >= 15 is 0 Å². The second-order valence-corrected chi connectivity index (χ2v) is 5.71. The van der Waals surface area contributed by atoms with E-state index in [0.29, 0.717) is 0 Å². The zero-order valence-corrected chi connectivity index (χ0v) is 12.1. The maximum absolute atomic E-state index is 5.93. The summed E-state index contributed by atoms with van der Waals surface area (Å²) < 4.78 is 6.49. The molecule has 1 aromatic carbocycles. The Balaban J connectivity index is 1.58. The number of hydrogen-bond acceptors (Lipinski definition) is 2. The van der Waals surface area contributed by atoms with Crippen molar-refractivity contribution in [2.24, 2.45) is 5.92 Å². The summed E-state index contributed by atoms with van der Waals surface area (Å²) in [4.78, 5) is 0. The van der Waals surface area contributed by atoms with Crippen LogP contribution in [0.25, 0.3) is 0 Å². The summed E-state index contributed by atoms with van der Waals surface area (Å²) in [6.45, 7) is 3.48. The second kappa shape index (κ2) is 6.74. The fourth-order valence-electron chi connectivity index (χ4n) is 1.56. The van der Waals surface area contributed by atoms with Gasteiger partial charge in [-0.15, -0.1) is 0 Å². The van der Waals surface area contributed by atoms with Gasteiger partial charge in [0.05, 0.1) is 11.6 Å². The van der Waals surface area contributed by atoms with Crippen LogP contribution in [0, 0.1) is 5.92 Å². The molecular weight excluding hydrogens is 302 g/mol. The Kier molecular flexibility index (Phi) is 5.29. The minimum absolute atomic E-state index is 0.751. The molecule has 2 nitrogen and oxygen atoms in total. The van der Waals surface area contributed by atoms with Crippen molar-refractivity contribution in [3.05, 3.63) is 33.3 Å². The smallest absolute Gasteiger partial charge is 0.0591 e. The van der Waals surface area contributed by atoms with Crippen LogP contribution in [0.1, 0.15) is 18.4 Å². The van der Waals surface area contributed by atoms with Gasteiger partial charge in [0, 0.05) is 24.2 Å². The number of halogens is 2. The van der Waals surface area contributed by atoms with Crippen LogP contribution in [0.3, 0.4) is 0 Å². The zero-order chi connectivity index (χ0) is 12.1. The molecule has 0 aliphatic heterocycles. The largest absolute Gasteiger partial charge is 0.380 e. The van der Waals surface area contributed by atoms with Crippen LogP contribution in [0.4, 0.5) is 0 Å². The molecule has 0 amide bonds. The Bertz CT molecular complexity index is 368. The molecule has 94 valence electrons. The predicted octanol–water partition coefficient (Wildman–Crippen LogP) is 3.62. The molecule has 1 fully saturated rings. The monoisotopic (exact) mass is 317 g/mol. The van der Waals surface area contributed by atoms with E-state index in [1.165, 1.54) is 18.4 Å². The van der Waals surface area contributed by atoms with E-state index in [0.717, 1.165) is 41.7 Å². The van der Waals surface area contributed by atoms with Gasteiger partial charge in [0.15, 0.2) is 0 Å². The Labute approximate surface area is 116 Å². The lowest BCUT2D eigenvalue weighted by Crippen LogP contribution is -2.19. The molecule has 1 aromatic rings. The van der Waals surface area contributed by atoms with Gasteiger partial charge in [0.2, 0.25) is 0 Å². The molecule has 0 unspecified atom stereocenters. The highest BCUT2D eigenvalue weighted by atomic mass is 79.9. The third-order valence-corrected chi connectivity index (χ3v) is 4.00. The van der Waals surface area contributed by atoms with Gasteiger partial charge in [-0.1, -0.05) is 17.7 Å². The SMILES string of the molecule is Clc1ccc(CNCCOCC2CC2)cc1Br. The molecule has 4 heteroatoms. The molecule has 0 radical (unpaired) electrons. The summed E-state index contributed by atoms with van der Waals surface area (Å²) in [6, 6.07) is 5.98. The number of ether oxygens (including phenoxy) is 1. The first-order valence-electron chi connectivity index (χ1n) is 5.98. The van der Waals surface area contributed by atoms with Crippen LogP contribution in [0.2, 0.25) is 5.02 Å². The van der Waals surface area contributed by atoms with Gasteiger partial charge in [-0.05, 0) is 52.4 Å². The molecule has 1 aliphatic carbocycles. The van der Waals surface area contributed by atoms with Crippen molar-refractivity contribution in [2.45, 2.75) is 19.4 Å². The fourth-order valence-corrected chi connectivity index (χ4v) is 2.10. The Morgan fingerprint density at radius 1 is 1.41 bits per heavy atom. The zero-order valence-electron chi connectivity index (χ0n) is 9.72. The van der Waals surface area contributed by atoms with E-state index in [-0.39, 0.29) is 0 Å². The van der Waals surface area contributed by atoms with Crippen molar-refractivity contribution in [2.75, 3.05) is 19.8 Å². The van der Waals surface area contributed by atoms with Crippen molar-refractivity contribution < 1.29 is 4.74 Å². The lowest BCUT2D eigenvalue weighted by molar-refractivity contribution is 0.126. The summed E-state index contributed by atoms with van der Waals surface area (Å²) >= 11 is 9.35. The Morgan fingerprint density at radius 2 is 2.24 bits per heavy atom. The van der Waals surface area contributed by atoms with Gasteiger partial charge >= 0.3 is 0 Å². The molecule has 0 heterocycles. The van der Waals surface area contributed by atoms with Crippen molar-refractivity contribution in [3.8, 4) is 0 Å².